The second-order valence-corrected chi connectivity index (χ2v) is 3.44. The maximum absolute atomic E-state index is 13.1. The van der Waals surface area contributed by atoms with E-state index in [0.717, 1.165) is 12.1 Å². The molecule has 3 nitrogen and oxygen atoms in total. The van der Waals surface area contributed by atoms with Crippen LogP contribution in [0.15, 0.2) is 18.2 Å². The number of hydrogen-bond acceptors (Lipinski definition) is 2. The molecule has 100 valence electrons. The summed E-state index contributed by atoms with van der Waals surface area (Å²) in [5, 5.41) is 10.3. The Morgan fingerprint density at radius 3 is 2.44 bits per heavy atom. The van der Waals surface area contributed by atoms with Crippen LogP contribution in [-0.4, -0.2) is 23.8 Å². The van der Waals surface area contributed by atoms with E-state index in [4.69, 9.17) is 5.11 Å². The van der Waals surface area contributed by atoms with Crippen LogP contribution in [0.25, 0.3) is 0 Å². The van der Waals surface area contributed by atoms with Crippen LogP contribution >= 0.6 is 0 Å². The molecule has 0 heterocycles. The first kappa shape index (κ1) is 14.2. The molecule has 0 saturated carbocycles. The van der Waals surface area contributed by atoms with E-state index in [1.807, 2.05) is 5.32 Å². The molecule has 8 heteroatoms. The Labute approximate surface area is 98.2 Å². The summed E-state index contributed by atoms with van der Waals surface area (Å²) in [4.78, 5) is 10.4. The smallest absolute Gasteiger partial charge is 0.403 e. The van der Waals surface area contributed by atoms with Gasteiger partial charge in [0.1, 0.15) is 11.6 Å². The van der Waals surface area contributed by atoms with Crippen molar-refractivity contribution in [2.45, 2.75) is 6.18 Å². The predicted molar refractivity (Wildman–Crippen MR) is 52.0 cm³/mol. The first-order valence-corrected chi connectivity index (χ1v) is 4.70. The second kappa shape index (κ2) is 5.19. The highest BCUT2D eigenvalue weighted by molar-refractivity contribution is 5.71. The van der Waals surface area contributed by atoms with Crippen LogP contribution in [0, 0.1) is 17.6 Å². The van der Waals surface area contributed by atoms with Crippen LogP contribution in [-0.2, 0) is 4.79 Å². The van der Waals surface area contributed by atoms with Gasteiger partial charge in [0.05, 0.1) is 5.69 Å². The molecule has 0 aliphatic carbocycles. The van der Waals surface area contributed by atoms with E-state index >= 15 is 0 Å². The normalized spacial score (nSPS) is 13.2. The topological polar surface area (TPSA) is 49.3 Å². The monoisotopic (exact) mass is 269 g/mol. The predicted octanol–water partition coefficient (Wildman–Crippen LogP) is 2.64. The summed E-state index contributed by atoms with van der Waals surface area (Å²) < 4.78 is 62.6. The van der Waals surface area contributed by atoms with Gasteiger partial charge < -0.3 is 10.4 Å². The highest BCUT2D eigenvalue weighted by Gasteiger charge is 2.44. The molecule has 1 atom stereocenters. The molecule has 0 spiro atoms. The first-order chi connectivity index (χ1) is 8.21. The highest BCUT2D eigenvalue weighted by Crippen LogP contribution is 2.27. The van der Waals surface area contributed by atoms with Crippen LogP contribution in [0.4, 0.5) is 27.6 Å². The minimum Gasteiger partial charge on any atom is -0.481 e. The molecule has 2 N–H and O–H groups in total. The number of carboxylic acids is 1. The summed E-state index contributed by atoms with van der Waals surface area (Å²) in [6.07, 6.45) is -4.97. The summed E-state index contributed by atoms with van der Waals surface area (Å²) in [6.45, 7) is -1.08. The zero-order chi connectivity index (χ0) is 13.9. The average molecular weight is 269 g/mol. The van der Waals surface area contributed by atoms with Crippen molar-refractivity contribution in [2.24, 2.45) is 5.92 Å². The van der Waals surface area contributed by atoms with Gasteiger partial charge in [0.15, 0.2) is 5.92 Å². The Morgan fingerprint density at radius 2 is 1.94 bits per heavy atom. The van der Waals surface area contributed by atoms with Crippen molar-refractivity contribution >= 4 is 11.7 Å². The van der Waals surface area contributed by atoms with Crippen LogP contribution < -0.4 is 5.32 Å². The average Bonchev–Trinajstić information content (AvgIpc) is 2.20. The van der Waals surface area contributed by atoms with Crippen molar-refractivity contribution in [1.29, 1.82) is 0 Å². The Kier molecular flexibility index (Phi) is 4.10. The highest BCUT2D eigenvalue weighted by atomic mass is 19.4. The summed E-state index contributed by atoms with van der Waals surface area (Å²) in [5.74, 6) is -6.60. The quantitative estimate of drug-likeness (QED) is 0.826. The number of alkyl halides is 3. The number of nitrogens with one attached hydrogen (secondary N) is 1. The standard InChI is InChI=1S/C10H8F5NO2/c11-5-1-2-7(12)8(3-5)16-4-6(9(17)18)10(13,14)15/h1-3,6,16H,4H2,(H,17,18). The lowest BCUT2D eigenvalue weighted by molar-refractivity contribution is -0.190. The summed E-state index contributed by atoms with van der Waals surface area (Å²) in [7, 11) is 0. The number of carbonyl (C=O) groups is 1. The molecule has 0 radical (unpaired) electrons. The number of carboxylic acid groups (broad SMARTS) is 1. The minimum atomic E-state index is -4.97. The third kappa shape index (κ3) is 3.57. The molecule has 1 aromatic rings. The van der Waals surface area contributed by atoms with Crippen LogP contribution in [0.1, 0.15) is 0 Å². The zero-order valence-electron chi connectivity index (χ0n) is 8.76. The zero-order valence-corrected chi connectivity index (χ0v) is 8.76. The van der Waals surface area contributed by atoms with Crippen molar-refractivity contribution in [2.75, 3.05) is 11.9 Å². The van der Waals surface area contributed by atoms with Gasteiger partial charge in [-0.05, 0) is 18.2 Å². The fraction of sp³-hybridized carbons (Fsp3) is 0.300. The molecule has 0 saturated heterocycles. The van der Waals surface area contributed by atoms with Gasteiger partial charge in [0.25, 0.3) is 0 Å². The molecule has 1 unspecified atom stereocenters. The van der Waals surface area contributed by atoms with Gasteiger partial charge in [-0.25, -0.2) is 8.78 Å². The van der Waals surface area contributed by atoms with Crippen LogP contribution in [0.3, 0.4) is 0 Å². The summed E-state index contributed by atoms with van der Waals surface area (Å²) in [6, 6.07) is 2.16. The maximum atomic E-state index is 13.1. The van der Waals surface area contributed by atoms with Gasteiger partial charge in [-0.3, -0.25) is 4.79 Å². The third-order valence-electron chi connectivity index (χ3n) is 2.12. The van der Waals surface area contributed by atoms with Crippen LogP contribution in [0.5, 0.6) is 0 Å². The van der Waals surface area contributed by atoms with E-state index in [-0.39, 0.29) is 0 Å². The molecular weight excluding hydrogens is 261 g/mol. The largest absolute Gasteiger partial charge is 0.481 e. The lowest BCUT2D eigenvalue weighted by Gasteiger charge is -2.17. The van der Waals surface area contributed by atoms with Gasteiger partial charge in [0.2, 0.25) is 0 Å². The number of halogens is 5. The van der Waals surface area contributed by atoms with E-state index in [9.17, 15) is 26.7 Å². The molecule has 0 aromatic heterocycles. The van der Waals surface area contributed by atoms with Gasteiger partial charge in [-0.15, -0.1) is 0 Å². The maximum Gasteiger partial charge on any atom is 0.403 e. The Morgan fingerprint density at radius 1 is 1.33 bits per heavy atom. The fourth-order valence-electron chi connectivity index (χ4n) is 1.19. The van der Waals surface area contributed by atoms with Gasteiger partial charge in [-0.1, -0.05) is 0 Å². The number of benzene rings is 1. The Hall–Kier alpha value is -1.86. The van der Waals surface area contributed by atoms with Crippen molar-refractivity contribution in [3.8, 4) is 0 Å². The van der Waals surface area contributed by atoms with E-state index in [1.54, 1.807) is 0 Å². The Balaban J connectivity index is 2.79. The molecule has 0 aliphatic heterocycles. The number of hydrogen-bond donors (Lipinski definition) is 2. The van der Waals surface area contributed by atoms with E-state index in [0.29, 0.717) is 6.07 Å². The van der Waals surface area contributed by atoms with E-state index in [1.165, 1.54) is 0 Å². The minimum absolute atomic E-state index is 0.523. The first-order valence-electron chi connectivity index (χ1n) is 4.70. The lowest BCUT2D eigenvalue weighted by Crippen LogP contribution is -2.36. The SMILES string of the molecule is O=C(O)C(CNc1cc(F)ccc1F)C(F)(F)F. The second-order valence-electron chi connectivity index (χ2n) is 3.44. The molecule has 0 aliphatic rings. The van der Waals surface area contributed by atoms with Crippen molar-refractivity contribution < 1.29 is 31.9 Å². The van der Waals surface area contributed by atoms with Crippen molar-refractivity contribution in [1.82, 2.24) is 0 Å². The lowest BCUT2D eigenvalue weighted by atomic mass is 10.1. The van der Waals surface area contributed by atoms with Gasteiger partial charge in [0, 0.05) is 6.54 Å². The van der Waals surface area contributed by atoms with Gasteiger partial charge >= 0.3 is 12.1 Å². The van der Waals surface area contributed by atoms with E-state index in [2.05, 4.69) is 0 Å². The van der Waals surface area contributed by atoms with E-state index < -0.39 is 41.9 Å². The molecule has 18 heavy (non-hydrogen) atoms. The third-order valence-corrected chi connectivity index (χ3v) is 2.12. The molecule has 1 aromatic carbocycles. The molecule has 1 rings (SSSR count). The molecule has 0 amide bonds. The van der Waals surface area contributed by atoms with Crippen LogP contribution in [0.2, 0.25) is 0 Å². The van der Waals surface area contributed by atoms with Crippen molar-refractivity contribution in [3.05, 3.63) is 29.8 Å². The number of anilines is 1. The summed E-state index contributed by atoms with van der Waals surface area (Å²) >= 11 is 0. The number of aliphatic carboxylic acids is 1. The summed E-state index contributed by atoms with van der Waals surface area (Å²) in [5.41, 5.74) is -0.523. The Bertz CT molecular complexity index is 446. The van der Waals surface area contributed by atoms with Crippen molar-refractivity contribution in [3.63, 3.8) is 0 Å². The molecular formula is C10H8F5NO2. The fourth-order valence-corrected chi connectivity index (χ4v) is 1.19. The number of rotatable bonds is 4. The molecule has 0 bridgehead atoms. The molecule has 0 fully saturated rings. The van der Waals surface area contributed by atoms with Gasteiger partial charge in [-0.2, -0.15) is 13.2 Å².